The smallest absolute Gasteiger partial charge is 0.136 e. The van der Waals surface area contributed by atoms with E-state index < -0.39 is 13.7 Å². The third kappa shape index (κ3) is 8.54. The zero-order valence-corrected chi connectivity index (χ0v) is 41.4. The van der Waals surface area contributed by atoms with Crippen molar-refractivity contribution in [1.29, 1.82) is 5.26 Å². The number of imidazole rings is 1. The van der Waals surface area contributed by atoms with Gasteiger partial charge in [-0.1, -0.05) is 109 Å². The van der Waals surface area contributed by atoms with Crippen LogP contribution in [0.1, 0.15) is 102 Å². The molecule has 9 heteroatoms. The Morgan fingerprint density at radius 3 is 2.13 bits per heavy atom. The van der Waals surface area contributed by atoms with Gasteiger partial charge in [-0.05, 0) is 101 Å². The van der Waals surface area contributed by atoms with Gasteiger partial charge in [-0.25, -0.2) is 0 Å². The van der Waals surface area contributed by atoms with E-state index in [0.717, 1.165) is 44.4 Å². The van der Waals surface area contributed by atoms with Crippen molar-refractivity contribution in [2.75, 3.05) is 0 Å². The molecule has 11 rings (SSSR count). The molecule has 4 heterocycles. The molecule has 0 aliphatic carbocycles. The minimum absolute atomic E-state index is 0. The number of rotatable bonds is 6. The Morgan fingerprint density at radius 2 is 1.45 bits per heavy atom. The fourth-order valence-electron chi connectivity index (χ4n) is 8.91. The quantitative estimate of drug-likeness (QED) is 0.154. The summed E-state index contributed by atoms with van der Waals surface area (Å²) >= 11 is 0. The summed E-state index contributed by atoms with van der Waals surface area (Å²) in [6, 6.07) is 44.4. The summed E-state index contributed by atoms with van der Waals surface area (Å²) in [5, 5.41) is 11.9. The SMILES string of the molecule is CC(C)(C)c1ccnc(-c2[c-]cc(F)cc2)n1.[2H]C([2H])([2H])c1c[c-]c(-c2nc3cccc(C([2H])([2H])[2H])c3n2-c2c(C(C)C)cc(-c3ccccc3)cc2C(C)C)c2oc3cc4c(cc3c12)oc1cc(C#N)ccc14.[Ir]. The Bertz CT molecular complexity index is 3980. The first kappa shape index (κ1) is 39.7. The molecule has 1 radical (unpaired) electrons. The predicted octanol–water partition coefficient (Wildman–Crippen LogP) is 16.1. The van der Waals surface area contributed by atoms with Crippen LogP contribution < -0.4 is 0 Å². The number of nitrogens with zero attached hydrogens (tertiary/aromatic N) is 5. The van der Waals surface area contributed by atoms with Crippen LogP contribution in [0.2, 0.25) is 0 Å². The third-order valence-corrected chi connectivity index (χ3v) is 12.4. The first-order valence-electron chi connectivity index (χ1n) is 25.6. The summed E-state index contributed by atoms with van der Waals surface area (Å²) in [4.78, 5) is 13.8. The van der Waals surface area contributed by atoms with Gasteiger partial charge < -0.3 is 13.4 Å². The van der Waals surface area contributed by atoms with Crippen molar-refractivity contribution in [3.8, 4) is 45.7 Å². The standard InChI is InChI=1S/C46H36N3O2.C14H14FN2.Ir/c1-25(2)34-20-31(30-12-8-7-9-13-30)21-35(26(3)4)44(34)49-43-28(6)11-10-14-38(43)48-46(49)33-17-15-27(5)42-37-23-40-36(22-41(37)51-45(33)42)32-18-16-29(24-47)19-39(32)50-40;1-14(2,3)12-8-9-16-13(17-12)10-4-6-11(15)7-5-10;/h7-16,18-23,25-26H,1-6H3;4,6-9H,1-3H3;/q2*-1;/i5D3,6D3;;. The third-order valence-electron chi connectivity index (χ3n) is 12.4. The van der Waals surface area contributed by atoms with E-state index in [-0.39, 0.29) is 59.9 Å². The second-order valence-corrected chi connectivity index (χ2v) is 18.7. The van der Waals surface area contributed by atoms with Crippen LogP contribution in [0.15, 0.2) is 136 Å². The summed E-state index contributed by atoms with van der Waals surface area (Å²) in [6.07, 6.45) is 1.72. The van der Waals surface area contributed by atoms with Gasteiger partial charge in [-0.3, -0.25) is 19.3 Å². The molecule has 0 N–H and O–H groups in total. The zero-order chi connectivity index (χ0) is 52.6. The maximum atomic E-state index is 12.8. The van der Waals surface area contributed by atoms with Gasteiger partial charge in [0.1, 0.15) is 16.7 Å². The molecule has 0 aliphatic rings. The van der Waals surface area contributed by atoms with Crippen LogP contribution in [-0.4, -0.2) is 19.5 Å². The van der Waals surface area contributed by atoms with Crippen LogP contribution in [0, 0.1) is 43.0 Å². The Labute approximate surface area is 423 Å². The van der Waals surface area contributed by atoms with Crippen LogP contribution in [0.4, 0.5) is 4.39 Å². The van der Waals surface area contributed by atoms with Gasteiger partial charge in [-0.2, -0.15) is 5.26 Å². The number of aryl methyl sites for hydroxylation is 2. The van der Waals surface area contributed by atoms with E-state index in [9.17, 15) is 9.65 Å². The monoisotopic (exact) mass is 1090 g/mol. The number of aromatic nitrogens is 4. The molecule has 0 bridgehead atoms. The molecular weight excluding hydrogens is 1030 g/mol. The van der Waals surface area contributed by atoms with Crippen molar-refractivity contribution in [1.82, 2.24) is 19.5 Å². The largest absolute Gasteiger partial charge is 0.501 e. The molecule has 11 aromatic rings. The van der Waals surface area contributed by atoms with Crippen molar-refractivity contribution in [3.63, 3.8) is 0 Å². The molecule has 345 valence electrons. The average Bonchev–Trinajstić information content (AvgIpc) is 4.05. The van der Waals surface area contributed by atoms with Crippen molar-refractivity contribution in [2.45, 2.75) is 79.4 Å². The molecule has 7 aromatic carbocycles. The number of hydrogen-bond donors (Lipinski definition) is 0. The van der Waals surface area contributed by atoms with E-state index in [4.69, 9.17) is 22.0 Å². The molecule has 0 spiro atoms. The fourth-order valence-corrected chi connectivity index (χ4v) is 8.91. The minimum atomic E-state index is -2.54. The second kappa shape index (κ2) is 18.3. The molecule has 0 saturated heterocycles. The zero-order valence-electron chi connectivity index (χ0n) is 45.0. The van der Waals surface area contributed by atoms with Crippen LogP contribution >= 0.6 is 0 Å². The fraction of sp³-hybridized carbons (Fsp3) is 0.200. The van der Waals surface area contributed by atoms with Gasteiger partial charge in [0, 0.05) is 73.3 Å². The molecule has 0 aliphatic heterocycles. The molecule has 0 amide bonds. The molecule has 0 unspecified atom stereocenters. The van der Waals surface area contributed by atoms with Crippen molar-refractivity contribution in [3.05, 3.63) is 179 Å². The Hall–Kier alpha value is -7.24. The Balaban J connectivity index is 0.000000325. The Morgan fingerprint density at radius 1 is 0.725 bits per heavy atom. The summed E-state index contributed by atoms with van der Waals surface area (Å²) in [7, 11) is 0. The number of benzene rings is 7. The second-order valence-electron chi connectivity index (χ2n) is 18.7. The van der Waals surface area contributed by atoms with Gasteiger partial charge in [0.25, 0.3) is 0 Å². The number of nitriles is 1. The maximum Gasteiger partial charge on any atom is 0.136 e. The molecule has 7 nitrogen and oxygen atoms in total. The number of hydrogen-bond acceptors (Lipinski definition) is 6. The number of halogens is 1. The first-order valence-corrected chi connectivity index (χ1v) is 22.6. The Kier molecular flexibility index (Phi) is 10.6. The van der Waals surface area contributed by atoms with E-state index in [0.29, 0.717) is 66.9 Å². The van der Waals surface area contributed by atoms with Crippen LogP contribution in [0.25, 0.3) is 94.5 Å². The summed E-state index contributed by atoms with van der Waals surface area (Å²) < 4.78 is 79.4. The number of para-hydroxylation sites is 1. The van der Waals surface area contributed by atoms with E-state index in [1.807, 2.05) is 41.0 Å². The molecule has 0 atom stereocenters. The van der Waals surface area contributed by atoms with Crippen LogP contribution in [0.3, 0.4) is 0 Å². The average molecular weight is 1090 g/mol. The predicted molar refractivity (Wildman–Crippen MR) is 273 cm³/mol. The van der Waals surface area contributed by atoms with Crippen molar-refractivity contribution >= 4 is 54.9 Å². The van der Waals surface area contributed by atoms with Gasteiger partial charge in [0.15, 0.2) is 0 Å². The summed E-state index contributed by atoms with van der Waals surface area (Å²) in [6.45, 7) is 9.74. The molecule has 0 fully saturated rings. The minimum Gasteiger partial charge on any atom is -0.501 e. The van der Waals surface area contributed by atoms with Crippen LogP contribution in [0.5, 0.6) is 0 Å². The number of fused-ring (bicyclic) bond motifs is 7. The summed E-state index contributed by atoms with van der Waals surface area (Å²) in [5.41, 5.74) is 10.2. The van der Waals surface area contributed by atoms with E-state index >= 15 is 0 Å². The summed E-state index contributed by atoms with van der Waals surface area (Å²) in [5.74, 6) is 0.665. The molecular formula is C60H50FIrN5O2-2. The molecule has 0 saturated carbocycles. The van der Waals surface area contributed by atoms with Gasteiger partial charge in [0.2, 0.25) is 0 Å². The van der Waals surface area contributed by atoms with E-state index in [1.165, 1.54) is 18.2 Å². The topological polar surface area (TPSA) is 93.7 Å². The van der Waals surface area contributed by atoms with Gasteiger partial charge >= 0.3 is 0 Å². The van der Waals surface area contributed by atoms with Crippen molar-refractivity contribution < 1.29 is 41.6 Å². The maximum absolute atomic E-state index is 12.8. The van der Waals surface area contributed by atoms with Crippen LogP contribution in [-0.2, 0) is 25.5 Å². The normalized spacial score (nSPS) is 13.4. The van der Waals surface area contributed by atoms with E-state index in [2.05, 4.69) is 101 Å². The number of furan rings is 2. The van der Waals surface area contributed by atoms with E-state index in [1.54, 1.807) is 48.7 Å². The van der Waals surface area contributed by atoms with Gasteiger partial charge in [-0.15, -0.1) is 47.5 Å². The molecule has 69 heavy (non-hydrogen) atoms. The first-order chi connectivity index (χ1) is 35.1. The van der Waals surface area contributed by atoms with Gasteiger partial charge in [0.05, 0.1) is 39.9 Å². The van der Waals surface area contributed by atoms with Crippen molar-refractivity contribution in [2.24, 2.45) is 0 Å². The molecule has 4 aromatic heterocycles.